The summed E-state index contributed by atoms with van der Waals surface area (Å²) in [6, 6.07) is 8.24. The third-order valence-corrected chi connectivity index (χ3v) is 0.829. The van der Waals surface area contributed by atoms with Crippen LogP contribution in [0.25, 0.3) is 0 Å². The molecule has 0 aromatic heterocycles. The molecule has 0 fully saturated rings. The van der Waals surface area contributed by atoms with E-state index in [0.717, 1.165) is 0 Å². The first-order chi connectivity index (χ1) is 5.72. The summed E-state index contributed by atoms with van der Waals surface area (Å²) in [5.74, 6) is 0. The van der Waals surface area contributed by atoms with Gasteiger partial charge in [-0.25, -0.2) is 12.1 Å². The molecule has 0 saturated heterocycles. The van der Waals surface area contributed by atoms with Crippen molar-refractivity contribution in [2.45, 2.75) is 34.6 Å². The van der Waals surface area contributed by atoms with Crippen molar-refractivity contribution >= 4 is 0 Å². The van der Waals surface area contributed by atoms with Crippen LogP contribution >= 0.6 is 0 Å². The quantitative estimate of drug-likeness (QED) is 0.611. The zero-order valence-electron chi connectivity index (χ0n) is 9.46. The third-order valence-electron chi connectivity index (χ3n) is 0.829. The predicted molar refractivity (Wildman–Crippen MR) is 58.1 cm³/mol. The van der Waals surface area contributed by atoms with E-state index in [1.165, 1.54) is 5.56 Å². The van der Waals surface area contributed by atoms with Gasteiger partial charge in [-0.3, -0.25) is 0 Å². The van der Waals surface area contributed by atoms with E-state index in [0.29, 0.717) is 0 Å². The van der Waals surface area contributed by atoms with Gasteiger partial charge in [0.05, 0.1) is 0 Å². The fraction of sp³-hybridized carbons (Fsp3) is 0.417. The Kier molecular flexibility index (Phi) is 26.3. The zero-order valence-corrected chi connectivity index (χ0v) is 11.9. The molecule has 0 amide bonds. The van der Waals surface area contributed by atoms with Crippen LogP contribution in [0.15, 0.2) is 24.3 Å². The van der Waals surface area contributed by atoms with Gasteiger partial charge in [-0.15, -0.1) is 0 Å². The summed E-state index contributed by atoms with van der Waals surface area (Å²) in [4.78, 5) is 0. The molecule has 0 saturated carbocycles. The summed E-state index contributed by atoms with van der Waals surface area (Å²) in [5.41, 5.74) is 1.34. The summed E-state index contributed by atoms with van der Waals surface area (Å²) >= 11 is 0. The second-order valence-corrected chi connectivity index (χ2v) is 2.62. The molecular weight excluding hydrogens is 235 g/mol. The van der Waals surface area contributed by atoms with Crippen molar-refractivity contribution in [3.63, 3.8) is 0 Å². The molecule has 1 radical (unpaired) electrons. The second kappa shape index (κ2) is 18.1. The van der Waals surface area contributed by atoms with Gasteiger partial charge in [0.25, 0.3) is 0 Å². The molecule has 0 aliphatic heterocycles. The van der Waals surface area contributed by atoms with Crippen molar-refractivity contribution in [1.29, 1.82) is 0 Å². The van der Waals surface area contributed by atoms with Gasteiger partial charge in [0.15, 0.2) is 0 Å². The van der Waals surface area contributed by atoms with E-state index >= 15 is 0 Å². The Bertz CT molecular complexity index is 129. The summed E-state index contributed by atoms with van der Waals surface area (Å²) in [6.45, 7) is 10.1. The molecule has 1 rings (SSSR count). The van der Waals surface area contributed by atoms with Crippen LogP contribution < -0.4 is 0 Å². The molecule has 0 aliphatic rings. The molecule has 1 aromatic carbocycles. The third kappa shape index (κ3) is 24.5. The van der Waals surface area contributed by atoms with Gasteiger partial charge in [0, 0.05) is 0 Å². The van der Waals surface area contributed by atoms with Crippen LogP contribution in [0.5, 0.6) is 0 Å². The summed E-state index contributed by atoms with van der Waals surface area (Å²) < 4.78 is 0. The van der Waals surface area contributed by atoms with Gasteiger partial charge in [-0.1, -0.05) is 6.92 Å². The average molecular weight is 257 g/mol. The molecule has 13 heavy (non-hydrogen) atoms. The maximum absolute atomic E-state index is 2.08. The van der Waals surface area contributed by atoms with E-state index in [2.05, 4.69) is 19.1 Å². The minimum atomic E-state index is 0. The Balaban J connectivity index is -0.000000126. The Morgan fingerprint density at radius 3 is 1.15 bits per heavy atom. The molecule has 0 atom stereocenters. The molecule has 0 spiro atoms. The maximum Gasteiger partial charge on any atom is 3.00 e. The Labute approximate surface area is 103 Å². The number of hydrogen-bond acceptors (Lipinski definition) is 0. The Morgan fingerprint density at radius 1 is 0.846 bits per heavy atom. The molecule has 0 heterocycles. The van der Waals surface area contributed by atoms with Gasteiger partial charge in [-0.2, -0.15) is 45.4 Å². The van der Waals surface area contributed by atoms with Gasteiger partial charge < -0.3 is 12.8 Å². The molecule has 0 aliphatic carbocycles. The molecular formula is C12H21Zr. The zero-order chi connectivity index (χ0) is 9.82. The van der Waals surface area contributed by atoms with Crippen LogP contribution in [0.3, 0.4) is 0 Å². The first-order valence-electron chi connectivity index (χ1n) is 4.39. The van der Waals surface area contributed by atoms with Crippen molar-refractivity contribution in [2.75, 3.05) is 0 Å². The summed E-state index contributed by atoms with van der Waals surface area (Å²) in [5, 5.41) is 0. The molecule has 0 nitrogen and oxygen atoms in total. The van der Waals surface area contributed by atoms with Crippen LogP contribution in [0.4, 0.5) is 0 Å². The molecule has 0 bridgehead atoms. The van der Waals surface area contributed by atoms with Crippen molar-refractivity contribution in [3.8, 4) is 0 Å². The van der Waals surface area contributed by atoms with Crippen LogP contribution in [0.2, 0.25) is 0 Å². The average Bonchev–Trinajstić information content (AvgIpc) is 2.43. The molecule has 0 N–H and O–H groups in total. The van der Waals surface area contributed by atoms with Crippen molar-refractivity contribution < 1.29 is 26.2 Å². The van der Waals surface area contributed by atoms with E-state index in [1.807, 2.05) is 52.7 Å². The standard InChI is InChI=1S/C6H7.2C3H7.Zr/c1-6-4-2-3-5-6;2*1-3-2;/h2-5H,1H3;2*3H,1-2H3;/q3*-1;+3. The largest absolute Gasteiger partial charge is 3.00 e. The van der Waals surface area contributed by atoms with Gasteiger partial charge in [-0.05, 0) is 0 Å². The molecule has 0 unspecified atom stereocenters. The fourth-order valence-corrected chi connectivity index (χ4v) is 0.470. The van der Waals surface area contributed by atoms with Crippen molar-refractivity contribution in [3.05, 3.63) is 42.7 Å². The minimum Gasteiger partial charge on any atom is -0.335 e. The van der Waals surface area contributed by atoms with Crippen LogP contribution in [-0.4, -0.2) is 0 Å². The Hall–Kier alpha value is 0.233. The first-order valence-corrected chi connectivity index (χ1v) is 4.39. The number of rotatable bonds is 0. The van der Waals surface area contributed by atoms with Crippen molar-refractivity contribution in [1.82, 2.24) is 0 Å². The fourth-order valence-electron chi connectivity index (χ4n) is 0.470. The molecule has 73 valence electrons. The number of aryl methyl sites for hydroxylation is 1. The minimum absolute atomic E-state index is 0. The van der Waals surface area contributed by atoms with Gasteiger partial charge in [0.2, 0.25) is 0 Å². The Morgan fingerprint density at radius 2 is 1.08 bits per heavy atom. The van der Waals surface area contributed by atoms with E-state index in [9.17, 15) is 0 Å². The van der Waals surface area contributed by atoms with Crippen molar-refractivity contribution in [2.24, 2.45) is 0 Å². The summed E-state index contributed by atoms with van der Waals surface area (Å²) in [7, 11) is 0. The van der Waals surface area contributed by atoms with Crippen LogP contribution in [-0.2, 0) is 26.2 Å². The molecule has 1 aromatic rings. The second-order valence-electron chi connectivity index (χ2n) is 2.62. The topological polar surface area (TPSA) is 0 Å². The predicted octanol–water partition coefficient (Wildman–Crippen LogP) is 4.17. The van der Waals surface area contributed by atoms with Crippen LogP contribution in [0.1, 0.15) is 33.3 Å². The van der Waals surface area contributed by atoms with Gasteiger partial charge >= 0.3 is 26.2 Å². The van der Waals surface area contributed by atoms with E-state index < -0.39 is 0 Å². The monoisotopic (exact) mass is 255 g/mol. The normalized spacial score (nSPS) is 6.85. The summed E-state index contributed by atoms with van der Waals surface area (Å²) in [6.07, 6.45) is 4.00. The first kappa shape index (κ1) is 18.9. The van der Waals surface area contributed by atoms with Crippen LogP contribution in [0, 0.1) is 19.8 Å². The van der Waals surface area contributed by atoms with Gasteiger partial charge in [0.1, 0.15) is 0 Å². The van der Waals surface area contributed by atoms with E-state index in [-0.39, 0.29) is 26.2 Å². The SMILES string of the molecule is C[CH-]C.C[CH-]C.C[c-]1cccc1.[Zr+3]. The van der Waals surface area contributed by atoms with E-state index in [1.54, 1.807) is 0 Å². The number of hydrogen-bond donors (Lipinski definition) is 0. The maximum atomic E-state index is 2.08. The van der Waals surface area contributed by atoms with E-state index in [4.69, 9.17) is 0 Å². The smallest absolute Gasteiger partial charge is 0.335 e. The molecule has 1 heteroatoms.